The lowest BCUT2D eigenvalue weighted by molar-refractivity contribution is 0.0970. The van der Waals surface area contributed by atoms with Gasteiger partial charge in [0, 0.05) is 6.20 Å². The van der Waals surface area contributed by atoms with Crippen LogP contribution in [0.5, 0.6) is 11.5 Å². The molecule has 1 aliphatic rings. The van der Waals surface area contributed by atoms with Crippen molar-refractivity contribution < 1.29 is 23.1 Å². The average Bonchev–Trinajstić information content (AvgIpc) is 3.12. The van der Waals surface area contributed by atoms with E-state index in [0.29, 0.717) is 29.5 Å². The highest BCUT2D eigenvalue weighted by Crippen LogP contribution is 2.42. The third-order valence-corrected chi connectivity index (χ3v) is 5.78. The largest absolute Gasteiger partial charge is 0.493 e. The van der Waals surface area contributed by atoms with E-state index in [0.717, 1.165) is 11.6 Å². The highest BCUT2D eigenvalue weighted by Gasteiger charge is 2.44. The second kappa shape index (κ2) is 8.30. The smallest absolute Gasteiger partial charge is 0.296 e. The number of hydrogen-bond acceptors (Lipinski definition) is 6. The average molecular weight is 460 g/mol. The van der Waals surface area contributed by atoms with E-state index in [1.54, 1.807) is 30.5 Å². The molecular formula is C26H21FN2O5. The summed E-state index contributed by atoms with van der Waals surface area (Å²) in [4.78, 5) is 33.0. The number of methoxy groups -OCH3 is 1. The molecule has 3 heterocycles. The quantitative estimate of drug-likeness (QED) is 0.426. The van der Waals surface area contributed by atoms with Crippen LogP contribution in [0.3, 0.4) is 0 Å². The molecule has 8 heteroatoms. The van der Waals surface area contributed by atoms with E-state index in [-0.39, 0.29) is 22.3 Å². The fourth-order valence-electron chi connectivity index (χ4n) is 4.28. The first-order valence-corrected chi connectivity index (χ1v) is 10.8. The summed E-state index contributed by atoms with van der Waals surface area (Å²) >= 11 is 0. The van der Waals surface area contributed by atoms with Crippen molar-refractivity contribution in [1.82, 2.24) is 4.98 Å². The second-order valence-corrected chi connectivity index (χ2v) is 7.93. The van der Waals surface area contributed by atoms with Crippen molar-refractivity contribution in [3.05, 3.63) is 93.2 Å². The Morgan fingerprint density at radius 1 is 1.09 bits per heavy atom. The van der Waals surface area contributed by atoms with Gasteiger partial charge in [-0.05, 0) is 67.4 Å². The van der Waals surface area contributed by atoms with Gasteiger partial charge in [-0.15, -0.1) is 0 Å². The van der Waals surface area contributed by atoms with Crippen LogP contribution in [0.4, 0.5) is 10.2 Å². The van der Waals surface area contributed by atoms with E-state index in [4.69, 9.17) is 13.9 Å². The van der Waals surface area contributed by atoms with Crippen LogP contribution in [-0.4, -0.2) is 24.6 Å². The Labute approximate surface area is 194 Å². The van der Waals surface area contributed by atoms with Gasteiger partial charge in [-0.25, -0.2) is 9.37 Å². The predicted molar refractivity (Wildman–Crippen MR) is 124 cm³/mol. The number of aryl methyl sites for hydroxylation is 1. The minimum Gasteiger partial charge on any atom is -0.493 e. The molecule has 34 heavy (non-hydrogen) atoms. The molecule has 1 atom stereocenters. The van der Waals surface area contributed by atoms with E-state index in [9.17, 15) is 14.0 Å². The third kappa shape index (κ3) is 3.39. The van der Waals surface area contributed by atoms with E-state index < -0.39 is 23.2 Å². The van der Waals surface area contributed by atoms with Crippen LogP contribution in [-0.2, 0) is 0 Å². The van der Waals surface area contributed by atoms with Gasteiger partial charge >= 0.3 is 0 Å². The number of amides is 1. The molecule has 0 radical (unpaired) electrons. The van der Waals surface area contributed by atoms with Gasteiger partial charge in [-0.1, -0.05) is 6.07 Å². The number of carbonyl (C=O) groups excluding carboxylic acids is 1. The topological polar surface area (TPSA) is 81.9 Å². The van der Waals surface area contributed by atoms with Gasteiger partial charge in [0.25, 0.3) is 5.91 Å². The minimum atomic E-state index is -0.856. The maximum atomic E-state index is 14.0. The van der Waals surface area contributed by atoms with Crippen molar-refractivity contribution in [2.75, 3.05) is 18.6 Å². The molecule has 2 aromatic heterocycles. The Morgan fingerprint density at radius 3 is 2.65 bits per heavy atom. The summed E-state index contributed by atoms with van der Waals surface area (Å²) in [5, 5.41) is 0.0634. The predicted octanol–water partition coefficient (Wildman–Crippen LogP) is 4.79. The van der Waals surface area contributed by atoms with Crippen molar-refractivity contribution in [2.24, 2.45) is 0 Å². The van der Waals surface area contributed by atoms with Crippen molar-refractivity contribution >= 4 is 22.7 Å². The van der Waals surface area contributed by atoms with Gasteiger partial charge in [0.05, 0.1) is 30.7 Å². The standard InChI is InChI=1S/C26H21FN2O5/c1-4-33-19-7-5-15(12-20(19)32-3)23-22-24(30)17-13-16(27)6-8-18(17)34-25(22)26(31)29(23)21-11-14(2)9-10-28-21/h5-13,23H,4H2,1-3H3. The Balaban J connectivity index is 1.80. The van der Waals surface area contributed by atoms with Crippen LogP contribution in [0.25, 0.3) is 11.0 Å². The Bertz CT molecular complexity index is 1500. The van der Waals surface area contributed by atoms with E-state index in [2.05, 4.69) is 4.98 Å². The zero-order chi connectivity index (χ0) is 24.0. The first-order valence-electron chi connectivity index (χ1n) is 10.8. The van der Waals surface area contributed by atoms with E-state index in [1.807, 2.05) is 19.9 Å². The maximum absolute atomic E-state index is 14.0. The highest BCUT2D eigenvalue weighted by atomic mass is 19.1. The number of benzene rings is 2. The van der Waals surface area contributed by atoms with E-state index in [1.165, 1.54) is 24.1 Å². The lowest BCUT2D eigenvalue weighted by atomic mass is 9.98. The van der Waals surface area contributed by atoms with Crippen LogP contribution in [0.1, 0.15) is 40.2 Å². The molecule has 1 amide bonds. The van der Waals surface area contributed by atoms with Gasteiger partial charge in [0.15, 0.2) is 16.9 Å². The molecule has 0 bridgehead atoms. The molecular weight excluding hydrogens is 439 g/mol. The first kappa shape index (κ1) is 21.6. The van der Waals surface area contributed by atoms with Gasteiger partial charge in [-0.3, -0.25) is 14.5 Å². The van der Waals surface area contributed by atoms with Crippen molar-refractivity contribution in [3.8, 4) is 11.5 Å². The van der Waals surface area contributed by atoms with Gasteiger partial charge < -0.3 is 13.9 Å². The fraction of sp³-hybridized carbons (Fsp3) is 0.192. The summed E-state index contributed by atoms with van der Waals surface area (Å²) in [6, 6.07) is 11.6. The first-order chi connectivity index (χ1) is 16.4. The Hall–Kier alpha value is -4.20. The zero-order valence-corrected chi connectivity index (χ0v) is 18.8. The monoisotopic (exact) mass is 460 g/mol. The summed E-state index contributed by atoms with van der Waals surface area (Å²) in [5.74, 6) is 0.184. The molecule has 172 valence electrons. The number of pyridine rings is 1. The summed E-state index contributed by atoms with van der Waals surface area (Å²) in [5.41, 5.74) is 1.28. The Kier molecular flexibility index (Phi) is 5.28. The summed E-state index contributed by atoms with van der Waals surface area (Å²) in [6.45, 7) is 4.19. The van der Waals surface area contributed by atoms with Crippen LogP contribution in [0, 0.1) is 12.7 Å². The molecule has 0 saturated heterocycles. The zero-order valence-electron chi connectivity index (χ0n) is 18.8. The molecule has 5 rings (SSSR count). The number of hydrogen-bond donors (Lipinski definition) is 0. The minimum absolute atomic E-state index is 0.0634. The number of carbonyl (C=O) groups is 1. The number of nitrogens with zero attached hydrogens (tertiary/aromatic N) is 2. The number of anilines is 1. The van der Waals surface area contributed by atoms with Crippen LogP contribution in [0.2, 0.25) is 0 Å². The normalized spacial score (nSPS) is 15.0. The van der Waals surface area contributed by atoms with Gasteiger partial charge in [0.2, 0.25) is 5.76 Å². The SMILES string of the molecule is CCOc1ccc(C2c3c(oc4ccc(F)cc4c3=O)C(=O)N2c2cc(C)ccn2)cc1OC. The molecule has 0 fully saturated rings. The summed E-state index contributed by atoms with van der Waals surface area (Å²) in [7, 11) is 1.51. The molecule has 0 aliphatic carbocycles. The number of fused-ring (bicyclic) bond motifs is 2. The van der Waals surface area contributed by atoms with Crippen molar-refractivity contribution in [3.63, 3.8) is 0 Å². The number of ether oxygens (including phenoxy) is 2. The van der Waals surface area contributed by atoms with Crippen LogP contribution < -0.4 is 19.8 Å². The summed E-state index contributed by atoms with van der Waals surface area (Å²) < 4.78 is 30.9. The van der Waals surface area contributed by atoms with Crippen molar-refractivity contribution in [2.45, 2.75) is 19.9 Å². The number of rotatable bonds is 5. The highest BCUT2D eigenvalue weighted by molar-refractivity contribution is 6.10. The van der Waals surface area contributed by atoms with Gasteiger partial charge in [-0.2, -0.15) is 0 Å². The maximum Gasteiger partial charge on any atom is 0.296 e. The van der Waals surface area contributed by atoms with E-state index >= 15 is 0 Å². The van der Waals surface area contributed by atoms with Crippen LogP contribution >= 0.6 is 0 Å². The van der Waals surface area contributed by atoms with Gasteiger partial charge in [0.1, 0.15) is 17.2 Å². The number of aromatic nitrogens is 1. The molecule has 7 nitrogen and oxygen atoms in total. The molecule has 0 N–H and O–H groups in total. The van der Waals surface area contributed by atoms with Crippen molar-refractivity contribution in [1.29, 1.82) is 0 Å². The lowest BCUT2D eigenvalue weighted by Gasteiger charge is -2.25. The fourth-order valence-corrected chi connectivity index (χ4v) is 4.28. The molecule has 1 aliphatic heterocycles. The summed E-state index contributed by atoms with van der Waals surface area (Å²) in [6.07, 6.45) is 1.60. The van der Waals surface area contributed by atoms with Crippen LogP contribution in [0.15, 0.2) is 63.9 Å². The second-order valence-electron chi connectivity index (χ2n) is 7.93. The number of halogens is 1. The Morgan fingerprint density at radius 2 is 1.91 bits per heavy atom. The molecule has 2 aromatic carbocycles. The third-order valence-electron chi connectivity index (χ3n) is 5.78. The molecule has 0 spiro atoms. The molecule has 0 saturated carbocycles. The lowest BCUT2D eigenvalue weighted by Crippen LogP contribution is -2.30. The molecule has 1 unspecified atom stereocenters. The molecule has 4 aromatic rings.